The molecule has 2 aromatic rings. The highest BCUT2D eigenvalue weighted by molar-refractivity contribution is 5.77. The minimum absolute atomic E-state index is 0.339. The Morgan fingerprint density at radius 1 is 1.56 bits per heavy atom. The van der Waals surface area contributed by atoms with Gasteiger partial charge in [-0.25, -0.2) is 4.98 Å². The van der Waals surface area contributed by atoms with Crippen LogP contribution in [0.15, 0.2) is 22.6 Å². The minimum Gasteiger partial charge on any atom is -0.481 e. The molecule has 0 bridgehead atoms. The molecule has 2 rings (SSSR count). The zero-order chi connectivity index (χ0) is 13.1. The number of benzene rings is 1. The van der Waals surface area contributed by atoms with E-state index in [1.54, 1.807) is 6.92 Å². The van der Waals surface area contributed by atoms with Crippen LogP contribution in [0.3, 0.4) is 0 Å². The maximum Gasteiger partial charge on any atom is 0.306 e. The third kappa shape index (κ3) is 2.80. The Balaban J connectivity index is 1.97. The molecule has 0 saturated heterocycles. The number of oxazole rings is 1. The van der Waals surface area contributed by atoms with E-state index in [2.05, 4.69) is 10.3 Å². The highest BCUT2D eigenvalue weighted by atomic mass is 16.4. The Labute approximate surface area is 105 Å². The summed E-state index contributed by atoms with van der Waals surface area (Å²) < 4.78 is 5.43. The van der Waals surface area contributed by atoms with E-state index < -0.39 is 5.97 Å². The number of aliphatic carboxylic acids is 1. The minimum atomic E-state index is -0.766. The number of fused-ring (bicyclic) bond motifs is 1. The summed E-state index contributed by atoms with van der Waals surface area (Å²) in [7, 11) is 0. The number of aryl methyl sites for hydroxylation is 1. The highest BCUT2D eigenvalue weighted by Crippen LogP contribution is 2.19. The molecular formula is C13H16N2O3. The summed E-state index contributed by atoms with van der Waals surface area (Å²) in [4.78, 5) is 14.9. The van der Waals surface area contributed by atoms with Crippen molar-refractivity contribution in [3.8, 4) is 0 Å². The molecular weight excluding hydrogens is 232 g/mol. The fraction of sp³-hybridized carbons (Fsp3) is 0.385. The second kappa shape index (κ2) is 5.08. The van der Waals surface area contributed by atoms with Gasteiger partial charge in [0.25, 0.3) is 0 Å². The lowest BCUT2D eigenvalue weighted by Gasteiger charge is -2.08. The number of hydrogen-bond acceptors (Lipinski definition) is 4. The average molecular weight is 248 g/mol. The fourth-order valence-corrected chi connectivity index (χ4v) is 1.71. The van der Waals surface area contributed by atoms with Gasteiger partial charge in [0.15, 0.2) is 11.5 Å². The Bertz CT molecular complexity index is 562. The topological polar surface area (TPSA) is 75.4 Å². The van der Waals surface area contributed by atoms with E-state index in [9.17, 15) is 4.79 Å². The molecule has 0 amide bonds. The number of carbonyl (C=O) groups is 1. The molecule has 1 unspecified atom stereocenters. The van der Waals surface area contributed by atoms with Gasteiger partial charge < -0.3 is 14.8 Å². The SMILES string of the molecule is Cc1nc2ccc(NCCC(C)C(=O)O)cc2o1. The van der Waals surface area contributed by atoms with Gasteiger partial charge in [-0.3, -0.25) is 4.79 Å². The smallest absolute Gasteiger partial charge is 0.306 e. The molecule has 0 spiro atoms. The van der Waals surface area contributed by atoms with Crippen LogP contribution >= 0.6 is 0 Å². The average Bonchev–Trinajstić information content (AvgIpc) is 2.68. The quantitative estimate of drug-likeness (QED) is 0.850. The normalized spacial score (nSPS) is 12.6. The lowest BCUT2D eigenvalue weighted by molar-refractivity contribution is -0.141. The fourth-order valence-electron chi connectivity index (χ4n) is 1.71. The van der Waals surface area contributed by atoms with Gasteiger partial charge in [0, 0.05) is 25.2 Å². The van der Waals surface area contributed by atoms with Gasteiger partial charge in [-0.15, -0.1) is 0 Å². The summed E-state index contributed by atoms with van der Waals surface area (Å²) in [5.74, 6) is -0.464. The van der Waals surface area contributed by atoms with Crippen LogP contribution in [0.1, 0.15) is 19.2 Å². The molecule has 1 heterocycles. The van der Waals surface area contributed by atoms with E-state index in [4.69, 9.17) is 9.52 Å². The van der Waals surface area contributed by atoms with E-state index in [0.29, 0.717) is 18.9 Å². The van der Waals surface area contributed by atoms with E-state index >= 15 is 0 Å². The Morgan fingerprint density at radius 3 is 3.06 bits per heavy atom. The van der Waals surface area contributed by atoms with Crippen molar-refractivity contribution in [3.05, 3.63) is 24.1 Å². The predicted octanol–water partition coefficient (Wildman–Crippen LogP) is 2.66. The van der Waals surface area contributed by atoms with Crippen molar-refractivity contribution in [2.45, 2.75) is 20.3 Å². The van der Waals surface area contributed by atoms with Crippen LogP contribution in [-0.2, 0) is 4.79 Å². The van der Waals surface area contributed by atoms with Gasteiger partial charge in [0.1, 0.15) is 5.52 Å². The van der Waals surface area contributed by atoms with Gasteiger partial charge >= 0.3 is 5.97 Å². The van der Waals surface area contributed by atoms with Crippen molar-refractivity contribution in [3.63, 3.8) is 0 Å². The van der Waals surface area contributed by atoms with Gasteiger partial charge in [-0.05, 0) is 18.6 Å². The molecule has 0 aliphatic heterocycles. The summed E-state index contributed by atoms with van der Waals surface area (Å²) in [6.45, 7) is 4.13. The number of carboxylic acids is 1. The monoisotopic (exact) mass is 248 g/mol. The molecule has 1 aromatic heterocycles. The third-order valence-electron chi connectivity index (χ3n) is 2.82. The largest absolute Gasteiger partial charge is 0.481 e. The number of nitrogens with one attached hydrogen (secondary N) is 1. The van der Waals surface area contributed by atoms with Crippen LogP contribution in [-0.4, -0.2) is 22.6 Å². The van der Waals surface area contributed by atoms with Gasteiger partial charge in [-0.1, -0.05) is 6.92 Å². The lowest BCUT2D eigenvalue weighted by Crippen LogP contribution is -2.14. The molecule has 1 aromatic carbocycles. The number of aromatic nitrogens is 1. The first kappa shape index (κ1) is 12.4. The van der Waals surface area contributed by atoms with Gasteiger partial charge in [0.2, 0.25) is 0 Å². The van der Waals surface area contributed by atoms with Crippen LogP contribution in [0.2, 0.25) is 0 Å². The molecule has 5 nitrogen and oxygen atoms in total. The second-order valence-electron chi connectivity index (χ2n) is 4.37. The summed E-state index contributed by atoms with van der Waals surface area (Å²) in [6, 6.07) is 5.67. The number of hydrogen-bond donors (Lipinski definition) is 2. The molecule has 0 radical (unpaired) electrons. The van der Waals surface area contributed by atoms with Crippen LogP contribution < -0.4 is 5.32 Å². The molecule has 1 atom stereocenters. The zero-order valence-electron chi connectivity index (χ0n) is 10.4. The third-order valence-corrected chi connectivity index (χ3v) is 2.82. The molecule has 2 N–H and O–H groups in total. The first-order valence-corrected chi connectivity index (χ1v) is 5.90. The first-order chi connectivity index (χ1) is 8.56. The van der Waals surface area contributed by atoms with Crippen LogP contribution in [0.5, 0.6) is 0 Å². The number of anilines is 1. The summed E-state index contributed by atoms with van der Waals surface area (Å²) in [5.41, 5.74) is 2.48. The maximum atomic E-state index is 10.7. The van der Waals surface area contributed by atoms with Crippen molar-refractivity contribution in [2.24, 2.45) is 5.92 Å². The molecule has 96 valence electrons. The molecule has 0 fully saturated rings. The Morgan fingerprint density at radius 2 is 2.33 bits per heavy atom. The van der Waals surface area contributed by atoms with Crippen molar-refractivity contribution in [1.82, 2.24) is 4.98 Å². The van der Waals surface area contributed by atoms with Crippen molar-refractivity contribution < 1.29 is 14.3 Å². The van der Waals surface area contributed by atoms with Crippen LogP contribution in [0.25, 0.3) is 11.1 Å². The molecule has 0 saturated carbocycles. The number of rotatable bonds is 5. The summed E-state index contributed by atoms with van der Waals surface area (Å²) in [6.07, 6.45) is 0.586. The Kier molecular flexibility index (Phi) is 3.50. The van der Waals surface area contributed by atoms with E-state index in [0.717, 1.165) is 16.8 Å². The van der Waals surface area contributed by atoms with Crippen LogP contribution in [0.4, 0.5) is 5.69 Å². The predicted molar refractivity (Wildman–Crippen MR) is 68.7 cm³/mol. The van der Waals surface area contributed by atoms with Crippen LogP contribution in [0, 0.1) is 12.8 Å². The number of nitrogens with zero attached hydrogens (tertiary/aromatic N) is 1. The van der Waals surface area contributed by atoms with Gasteiger partial charge in [0.05, 0.1) is 5.92 Å². The molecule has 5 heteroatoms. The van der Waals surface area contributed by atoms with Crippen molar-refractivity contribution in [2.75, 3.05) is 11.9 Å². The first-order valence-electron chi connectivity index (χ1n) is 5.90. The van der Waals surface area contributed by atoms with E-state index in [1.165, 1.54) is 0 Å². The maximum absolute atomic E-state index is 10.7. The molecule has 18 heavy (non-hydrogen) atoms. The van der Waals surface area contributed by atoms with E-state index in [1.807, 2.05) is 25.1 Å². The molecule has 0 aliphatic rings. The summed E-state index contributed by atoms with van der Waals surface area (Å²) in [5, 5.41) is 12.0. The summed E-state index contributed by atoms with van der Waals surface area (Å²) >= 11 is 0. The molecule has 0 aliphatic carbocycles. The van der Waals surface area contributed by atoms with Crippen molar-refractivity contribution in [1.29, 1.82) is 0 Å². The van der Waals surface area contributed by atoms with Gasteiger partial charge in [-0.2, -0.15) is 0 Å². The lowest BCUT2D eigenvalue weighted by atomic mass is 10.1. The zero-order valence-corrected chi connectivity index (χ0v) is 10.4. The second-order valence-corrected chi connectivity index (χ2v) is 4.37. The Hall–Kier alpha value is -2.04. The number of carboxylic acid groups (broad SMARTS) is 1. The van der Waals surface area contributed by atoms with E-state index in [-0.39, 0.29) is 5.92 Å². The van der Waals surface area contributed by atoms with Crippen molar-refractivity contribution >= 4 is 22.8 Å². The standard InChI is InChI=1S/C13H16N2O3/c1-8(13(16)17)5-6-14-10-3-4-11-12(7-10)18-9(2)15-11/h3-4,7-8,14H,5-6H2,1-2H3,(H,16,17). The highest BCUT2D eigenvalue weighted by Gasteiger charge is 2.10.